The van der Waals surface area contributed by atoms with E-state index in [2.05, 4.69) is 42.7 Å². The van der Waals surface area contributed by atoms with Crippen LogP contribution in [0.15, 0.2) is 42.5 Å². The minimum atomic E-state index is -0.0125. The Bertz CT molecular complexity index is 697. The van der Waals surface area contributed by atoms with E-state index in [0.29, 0.717) is 5.02 Å². The number of carbonyl (C=O) groups excluding carboxylic acids is 1. The Morgan fingerprint density at radius 2 is 1.58 bits per heavy atom. The average Bonchev–Trinajstić information content (AvgIpc) is 2.55. The average molecular weight is 345 g/mol. The van der Waals surface area contributed by atoms with Crippen molar-refractivity contribution in [2.45, 2.75) is 39.8 Å². The Balaban J connectivity index is 1.86. The quantitative estimate of drug-likeness (QED) is 0.810. The smallest absolute Gasteiger partial charge is 0.234 e. The number of benzene rings is 2. The lowest BCUT2D eigenvalue weighted by Crippen LogP contribution is -2.36. The number of carbonyl (C=O) groups is 1. The van der Waals surface area contributed by atoms with Crippen molar-refractivity contribution < 1.29 is 4.79 Å². The van der Waals surface area contributed by atoms with Gasteiger partial charge in [-0.15, -0.1) is 0 Å². The molecule has 0 bridgehead atoms. The summed E-state index contributed by atoms with van der Waals surface area (Å²) in [5, 5.41) is 6.99. The molecular weight excluding hydrogens is 320 g/mol. The van der Waals surface area contributed by atoms with Gasteiger partial charge in [0.2, 0.25) is 5.91 Å². The van der Waals surface area contributed by atoms with Crippen molar-refractivity contribution in [2.75, 3.05) is 6.54 Å². The topological polar surface area (TPSA) is 41.1 Å². The third-order valence-corrected chi connectivity index (χ3v) is 4.60. The molecule has 128 valence electrons. The lowest BCUT2D eigenvalue weighted by Gasteiger charge is -2.18. The van der Waals surface area contributed by atoms with Gasteiger partial charge < -0.3 is 10.6 Å². The van der Waals surface area contributed by atoms with Crippen LogP contribution in [0.25, 0.3) is 0 Å². The van der Waals surface area contributed by atoms with Crippen LogP contribution in [0, 0.1) is 13.8 Å². The summed E-state index contributed by atoms with van der Waals surface area (Å²) in [7, 11) is 0. The number of halogens is 1. The van der Waals surface area contributed by atoms with Gasteiger partial charge in [-0.3, -0.25) is 4.79 Å². The van der Waals surface area contributed by atoms with Crippen molar-refractivity contribution in [3.63, 3.8) is 0 Å². The molecule has 0 unspecified atom stereocenters. The lowest BCUT2D eigenvalue weighted by molar-refractivity contribution is -0.121. The number of hydrogen-bond donors (Lipinski definition) is 2. The van der Waals surface area contributed by atoms with Crippen LogP contribution in [0.1, 0.15) is 48.2 Å². The monoisotopic (exact) mass is 344 g/mol. The highest BCUT2D eigenvalue weighted by Gasteiger charge is 2.12. The Morgan fingerprint density at radius 1 is 0.958 bits per heavy atom. The van der Waals surface area contributed by atoms with Crippen molar-refractivity contribution in [3.05, 3.63) is 69.7 Å². The standard InChI is InChI=1S/C20H25ClN2O/c1-13-5-6-18(11-14(13)2)16(4)23-20(24)12-22-15(3)17-7-9-19(21)10-8-17/h5-11,15-16,22H,12H2,1-4H3,(H,23,24)/t15-,16+/m1/s1. The number of nitrogens with one attached hydrogen (secondary N) is 2. The summed E-state index contributed by atoms with van der Waals surface area (Å²) in [5.41, 5.74) is 4.73. The molecule has 0 aliphatic carbocycles. The first-order valence-corrected chi connectivity index (χ1v) is 8.60. The molecule has 4 heteroatoms. The van der Waals surface area contributed by atoms with Crippen molar-refractivity contribution in [1.82, 2.24) is 10.6 Å². The van der Waals surface area contributed by atoms with Crippen LogP contribution in [0.4, 0.5) is 0 Å². The highest BCUT2D eigenvalue weighted by Crippen LogP contribution is 2.17. The molecular formula is C20H25ClN2O. The van der Waals surface area contributed by atoms with Gasteiger partial charge in [0.25, 0.3) is 0 Å². The van der Waals surface area contributed by atoms with Crippen LogP contribution < -0.4 is 10.6 Å². The Morgan fingerprint density at radius 3 is 2.21 bits per heavy atom. The molecule has 2 atom stereocenters. The van der Waals surface area contributed by atoms with Gasteiger partial charge in [0, 0.05) is 11.1 Å². The van der Waals surface area contributed by atoms with Gasteiger partial charge in [-0.25, -0.2) is 0 Å². The van der Waals surface area contributed by atoms with E-state index < -0.39 is 0 Å². The molecule has 0 aliphatic rings. The number of hydrogen-bond acceptors (Lipinski definition) is 2. The highest BCUT2D eigenvalue weighted by atomic mass is 35.5. The summed E-state index contributed by atoms with van der Waals surface area (Å²) in [6.45, 7) is 8.49. The second kappa shape index (κ2) is 8.32. The molecule has 0 aromatic heterocycles. The van der Waals surface area contributed by atoms with Crippen molar-refractivity contribution in [3.8, 4) is 0 Å². The van der Waals surface area contributed by atoms with Crippen LogP contribution in [0.2, 0.25) is 5.02 Å². The van der Waals surface area contributed by atoms with Crippen LogP contribution in [0.5, 0.6) is 0 Å². The summed E-state index contributed by atoms with van der Waals surface area (Å²) in [5.74, 6) is -0.0125. The van der Waals surface area contributed by atoms with Crippen molar-refractivity contribution in [1.29, 1.82) is 0 Å². The van der Waals surface area contributed by atoms with Gasteiger partial charge in [-0.05, 0) is 62.1 Å². The normalized spacial score (nSPS) is 13.4. The fourth-order valence-corrected chi connectivity index (χ4v) is 2.65. The zero-order valence-electron chi connectivity index (χ0n) is 14.7. The van der Waals surface area contributed by atoms with E-state index in [9.17, 15) is 4.79 Å². The SMILES string of the molecule is Cc1ccc([C@H](C)NC(=O)CN[C@H](C)c2ccc(Cl)cc2)cc1C. The largest absolute Gasteiger partial charge is 0.348 e. The first-order valence-electron chi connectivity index (χ1n) is 8.22. The van der Waals surface area contributed by atoms with E-state index in [1.54, 1.807) is 0 Å². The van der Waals surface area contributed by atoms with Crippen LogP contribution >= 0.6 is 11.6 Å². The van der Waals surface area contributed by atoms with Crippen LogP contribution in [-0.2, 0) is 4.79 Å². The second-order valence-corrected chi connectivity index (χ2v) is 6.72. The third kappa shape index (κ3) is 5.08. The molecule has 0 saturated heterocycles. The number of aryl methyl sites for hydroxylation is 2. The van der Waals surface area contributed by atoms with Crippen LogP contribution in [-0.4, -0.2) is 12.5 Å². The van der Waals surface area contributed by atoms with E-state index in [-0.39, 0.29) is 24.5 Å². The van der Waals surface area contributed by atoms with E-state index in [1.807, 2.05) is 38.1 Å². The van der Waals surface area contributed by atoms with Gasteiger partial charge in [-0.1, -0.05) is 41.9 Å². The molecule has 0 heterocycles. The Labute approximate surface area is 149 Å². The van der Waals surface area contributed by atoms with E-state index >= 15 is 0 Å². The number of rotatable bonds is 6. The van der Waals surface area contributed by atoms with E-state index in [4.69, 9.17) is 11.6 Å². The van der Waals surface area contributed by atoms with E-state index in [0.717, 1.165) is 11.1 Å². The Hall–Kier alpha value is -1.84. The molecule has 1 amide bonds. The number of amides is 1. The molecule has 2 rings (SSSR count). The minimum Gasteiger partial charge on any atom is -0.348 e. The van der Waals surface area contributed by atoms with Gasteiger partial charge in [-0.2, -0.15) is 0 Å². The molecule has 0 spiro atoms. The first-order chi connectivity index (χ1) is 11.4. The minimum absolute atomic E-state index is 0.00978. The molecule has 0 radical (unpaired) electrons. The van der Waals surface area contributed by atoms with E-state index in [1.165, 1.54) is 11.1 Å². The molecule has 0 fully saturated rings. The summed E-state index contributed by atoms with van der Waals surface area (Å²) in [6, 6.07) is 14.0. The summed E-state index contributed by atoms with van der Waals surface area (Å²) >= 11 is 5.90. The first kappa shape index (κ1) is 18.5. The molecule has 0 aliphatic heterocycles. The van der Waals surface area contributed by atoms with Crippen molar-refractivity contribution >= 4 is 17.5 Å². The second-order valence-electron chi connectivity index (χ2n) is 6.29. The maximum Gasteiger partial charge on any atom is 0.234 e. The van der Waals surface area contributed by atoms with Crippen LogP contribution in [0.3, 0.4) is 0 Å². The maximum atomic E-state index is 12.2. The van der Waals surface area contributed by atoms with Gasteiger partial charge in [0.1, 0.15) is 0 Å². The lowest BCUT2D eigenvalue weighted by atomic mass is 10.0. The molecule has 2 aromatic carbocycles. The summed E-state index contributed by atoms with van der Waals surface area (Å²) in [4.78, 5) is 12.2. The van der Waals surface area contributed by atoms with Gasteiger partial charge in [0.15, 0.2) is 0 Å². The maximum absolute atomic E-state index is 12.2. The van der Waals surface area contributed by atoms with Gasteiger partial charge >= 0.3 is 0 Å². The molecule has 24 heavy (non-hydrogen) atoms. The molecule has 3 nitrogen and oxygen atoms in total. The zero-order valence-corrected chi connectivity index (χ0v) is 15.4. The fourth-order valence-electron chi connectivity index (χ4n) is 2.52. The Kier molecular flexibility index (Phi) is 6.41. The highest BCUT2D eigenvalue weighted by molar-refractivity contribution is 6.30. The van der Waals surface area contributed by atoms with Gasteiger partial charge in [0.05, 0.1) is 12.6 Å². The predicted octanol–water partition coefficient (Wildman–Crippen LogP) is 4.48. The summed E-state index contributed by atoms with van der Waals surface area (Å²) in [6.07, 6.45) is 0. The molecule has 2 N–H and O–H groups in total. The fraction of sp³-hybridized carbons (Fsp3) is 0.350. The van der Waals surface area contributed by atoms with Crippen molar-refractivity contribution in [2.24, 2.45) is 0 Å². The summed E-state index contributed by atoms with van der Waals surface area (Å²) < 4.78 is 0. The predicted molar refractivity (Wildman–Crippen MR) is 100 cm³/mol. The molecule has 2 aromatic rings. The zero-order chi connectivity index (χ0) is 17.7. The molecule has 0 saturated carbocycles. The third-order valence-electron chi connectivity index (χ3n) is 4.35.